The molecule has 168 valence electrons. The average Bonchev–Trinajstić information content (AvgIpc) is 3.27. The van der Waals surface area contributed by atoms with Gasteiger partial charge in [0.2, 0.25) is 0 Å². The zero-order valence-electron chi connectivity index (χ0n) is 18.0. The van der Waals surface area contributed by atoms with Crippen LogP contribution in [0.15, 0.2) is 73.1 Å². The molecule has 0 fully saturated rings. The predicted octanol–water partition coefficient (Wildman–Crippen LogP) is 5.23. The molecule has 0 aliphatic heterocycles. The molecule has 33 heavy (non-hydrogen) atoms. The van der Waals surface area contributed by atoms with Crippen molar-refractivity contribution in [3.63, 3.8) is 0 Å². The van der Waals surface area contributed by atoms with Crippen LogP contribution in [0.5, 0.6) is 11.5 Å². The van der Waals surface area contributed by atoms with Crippen molar-refractivity contribution in [2.45, 2.75) is 19.4 Å². The van der Waals surface area contributed by atoms with Gasteiger partial charge in [0.15, 0.2) is 0 Å². The minimum Gasteiger partial charge on any atom is -0.507 e. The van der Waals surface area contributed by atoms with E-state index in [-0.39, 0.29) is 28.5 Å². The Morgan fingerprint density at radius 2 is 1.76 bits per heavy atom. The smallest absolute Gasteiger partial charge is 0.341 e. The summed E-state index contributed by atoms with van der Waals surface area (Å²) < 4.78 is 6.81. The molecule has 0 amide bonds. The fourth-order valence-electron chi connectivity index (χ4n) is 3.87. The number of hydrogen-bond donors (Lipinski definition) is 2. The minimum atomic E-state index is -0.717. The summed E-state index contributed by atoms with van der Waals surface area (Å²) in [6, 6.07) is 19.6. The molecule has 0 saturated carbocycles. The van der Waals surface area contributed by atoms with E-state index in [1.54, 1.807) is 6.20 Å². The van der Waals surface area contributed by atoms with Crippen molar-refractivity contribution >= 4 is 17.6 Å². The van der Waals surface area contributed by atoms with Gasteiger partial charge < -0.3 is 19.5 Å². The number of aromatic nitrogens is 2. The first-order chi connectivity index (χ1) is 16.0. The molecular formula is C26H23ClN2O4. The van der Waals surface area contributed by atoms with Gasteiger partial charge in [-0.2, -0.15) is 0 Å². The number of benzene rings is 3. The first-order valence-electron chi connectivity index (χ1n) is 10.4. The Bertz CT molecular complexity index is 1280. The van der Waals surface area contributed by atoms with Crippen LogP contribution in [0.4, 0.5) is 0 Å². The van der Waals surface area contributed by atoms with Gasteiger partial charge in [-0.15, -0.1) is 0 Å². The van der Waals surface area contributed by atoms with Crippen molar-refractivity contribution in [2.24, 2.45) is 0 Å². The third-order valence-corrected chi connectivity index (χ3v) is 5.92. The SMILES string of the molecule is COC(=O)c1c(O)cc(O)c(Cl)c1CCc1nccn1Cc1cccc(-c2ccccc2)c1. The molecular weight excluding hydrogens is 440 g/mol. The fraction of sp³-hybridized carbons (Fsp3) is 0.154. The molecule has 0 saturated heterocycles. The van der Waals surface area contributed by atoms with Crippen molar-refractivity contribution in [3.8, 4) is 22.6 Å². The van der Waals surface area contributed by atoms with Crippen molar-refractivity contribution in [1.29, 1.82) is 0 Å². The molecule has 0 aliphatic rings. The zero-order valence-corrected chi connectivity index (χ0v) is 18.8. The van der Waals surface area contributed by atoms with Gasteiger partial charge >= 0.3 is 5.97 Å². The number of carbonyl (C=O) groups excluding carboxylic acids is 1. The van der Waals surface area contributed by atoms with Gasteiger partial charge in [-0.1, -0.05) is 60.1 Å². The number of rotatable bonds is 7. The Balaban J connectivity index is 1.56. The summed E-state index contributed by atoms with van der Waals surface area (Å²) in [6.45, 7) is 0.624. The van der Waals surface area contributed by atoms with Crippen molar-refractivity contribution in [2.75, 3.05) is 7.11 Å². The number of hydrogen-bond acceptors (Lipinski definition) is 5. The quantitative estimate of drug-likeness (QED) is 0.367. The second kappa shape index (κ2) is 9.79. The van der Waals surface area contributed by atoms with Crippen LogP contribution in [0.3, 0.4) is 0 Å². The molecule has 1 heterocycles. The number of halogens is 1. The summed E-state index contributed by atoms with van der Waals surface area (Å²) in [7, 11) is 1.22. The molecule has 1 aromatic heterocycles. The number of imidazole rings is 1. The zero-order chi connectivity index (χ0) is 23.4. The maximum atomic E-state index is 12.2. The molecule has 4 aromatic rings. The van der Waals surface area contributed by atoms with Crippen LogP contribution in [-0.2, 0) is 24.1 Å². The lowest BCUT2D eigenvalue weighted by molar-refractivity contribution is 0.0596. The van der Waals surface area contributed by atoms with Crippen molar-refractivity contribution in [3.05, 3.63) is 101 Å². The third kappa shape index (κ3) is 4.86. The Morgan fingerprint density at radius 1 is 1.00 bits per heavy atom. The van der Waals surface area contributed by atoms with E-state index in [0.29, 0.717) is 18.5 Å². The Morgan fingerprint density at radius 3 is 2.52 bits per heavy atom. The highest BCUT2D eigenvalue weighted by Crippen LogP contribution is 2.37. The first-order valence-corrected chi connectivity index (χ1v) is 10.8. The average molecular weight is 463 g/mol. The van der Waals surface area contributed by atoms with Crippen molar-refractivity contribution < 1.29 is 19.7 Å². The number of nitrogens with zero attached hydrogens (tertiary/aromatic N) is 2. The lowest BCUT2D eigenvalue weighted by atomic mass is 10.0. The van der Waals surface area contributed by atoms with Gasteiger partial charge in [0, 0.05) is 31.4 Å². The molecule has 0 spiro atoms. The molecule has 0 radical (unpaired) electrons. The van der Waals surface area contributed by atoms with Crippen LogP contribution >= 0.6 is 11.6 Å². The summed E-state index contributed by atoms with van der Waals surface area (Å²) in [6.07, 6.45) is 4.34. The van der Waals surface area contributed by atoms with E-state index in [1.807, 2.05) is 35.0 Å². The molecule has 0 bridgehead atoms. The molecule has 0 unspecified atom stereocenters. The largest absolute Gasteiger partial charge is 0.507 e. The van der Waals surface area contributed by atoms with E-state index in [2.05, 4.69) is 35.3 Å². The molecule has 3 aromatic carbocycles. The number of phenolic OH excluding ortho intramolecular Hbond substituents is 2. The Kier molecular flexibility index (Phi) is 6.66. The molecule has 4 rings (SSSR count). The number of phenols is 2. The van der Waals surface area contributed by atoms with Crippen LogP contribution in [-0.4, -0.2) is 32.8 Å². The van der Waals surface area contributed by atoms with Gasteiger partial charge in [-0.3, -0.25) is 0 Å². The lowest BCUT2D eigenvalue weighted by Crippen LogP contribution is -2.10. The van der Waals surface area contributed by atoms with Crippen LogP contribution in [0.2, 0.25) is 5.02 Å². The van der Waals surface area contributed by atoms with E-state index in [1.165, 1.54) is 7.11 Å². The van der Waals surface area contributed by atoms with Crippen LogP contribution in [0.25, 0.3) is 11.1 Å². The second-order valence-corrected chi connectivity index (χ2v) is 7.99. The van der Waals surface area contributed by atoms with Gasteiger partial charge in [0.05, 0.1) is 12.1 Å². The minimum absolute atomic E-state index is 0.0156. The topological polar surface area (TPSA) is 84.6 Å². The van der Waals surface area contributed by atoms with E-state index < -0.39 is 5.97 Å². The Labute approximate surface area is 196 Å². The maximum Gasteiger partial charge on any atom is 0.341 e. The highest BCUT2D eigenvalue weighted by Gasteiger charge is 2.23. The molecule has 7 heteroatoms. The lowest BCUT2D eigenvalue weighted by Gasteiger charge is -2.14. The summed E-state index contributed by atoms with van der Waals surface area (Å²) in [4.78, 5) is 16.6. The Hall–Kier alpha value is -3.77. The number of methoxy groups -OCH3 is 1. The first kappa shape index (κ1) is 22.4. The monoisotopic (exact) mass is 462 g/mol. The van der Waals surface area contributed by atoms with Crippen LogP contribution in [0.1, 0.15) is 27.3 Å². The fourth-order valence-corrected chi connectivity index (χ4v) is 4.12. The van der Waals surface area contributed by atoms with E-state index in [0.717, 1.165) is 28.6 Å². The van der Waals surface area contributed by atoms with E-state index in [4.69, 9.17) is 16.3 Å². The highest BCUT2D eigenvalue weighted by atomic mass is 35.5. The molecule has 0 atom stereocenters. The van der Waals surface area contributed by atoms with Gasteiger partial charge in [-0.05, 0) is 34.7 Å². The summed E-state index contributed by atoms with van der Waals surface area (Å²) in [5, 5.41) is 20.2. The molecule has 6 nitrogen and oxygen atoms in total. The summed E-state index contributed by atoms with van der Waals surface area (Å²) >= 11 is 6.26. The van der Waals surface area contributed by atoms with Gasteiger partial charge in [-0.25, -0.2) is 9.78 Å². The summed E-state index contributed by atoms with van der Waals surface area (Å²) in [5.41, 5.74) is 3.69. The number of carbonyl (C=O) groups is 1. The van der Waals surface area contributed by atoms with Crippen LogP contribution in [0, 0.1) is 0 Å². The second-order valence-electron chi connectivity index (χ2n) is 7.61. The number of ether oxygens (including phenoxy) is 1. The summed E-state index contributed by atoms with van der Waals surface area (Å²) in [5.74, 6) is -0.599. The van der Waals surface area contributed by atoms with Crippen molar-refractivity contribution in [1.82, 2.24) is 9.55 Å². The van der Waals surface area contributed by atoms with Crippen LogP contribution < -0.4 is 0 Å². The normalized spacial score (nSPS) is 10.8. The number of aryl methyl sites for hydroxylation is 1. The molecule has 2 N–H and O–H groups in total. The van der Waals surface area contributed by atoms with Gasteiger partial charge in [0.1, 0.15) is 22.9 Å². The molecule has 0 aliphatic carbocycles. The van der Waals surface area contributed by atoms with E-state index >= 15 is 0 Å². The number of aromatic hydroxyl groups is 2. The predicted molar refractivity (Wildman–Crippen MR) is 127 cm³/mol. The maximum absolute atomic E-state index is 12.2. The standard InChI is InChI=1S/C26H23ClN2O4/c1-33-26(32)24-20(25(27)22(31)15-21(24)30)10-11-23-28-12-13-29(23)16-17-6-5-9-19(14-17)18-7-3-2-4-8-18/h2-9,12-15,30-31H,10-11,16H2,1H3. The third-order valence-electron chi connectivity index (χ3n) is 5.50. The number of esters is 1. The van der Waals surface area contributed by atoms with E-state index in [9.17, 15) is 15.0 Å². The highest BCUT2D eigenvalue weighted by molar-refractivity contribution is 6.33. The van der Waals surface area contributed by atoms with Gasteiger partial charge in [0.25, 0.3) is 0 Å².